The molecule has 15 rings (SSSR count). The van der Waals surface area contributed by atoms with Gasteiger partial charge in [0, 0.05) is 35.9 Å². The smallest absolute Gasteiger partial charge is 0.359 e. The molecule has 0 aliphatic heterocycles. The number of para-hydroxylation sites is 1. The van der Waals surface area contributed by atoms with E-state index in [0.29, 0.717) is 36.3 Å². The van der Waals surface area contributed by atoms with Crippen LogP contribution in [0.3, 0.4) is 0 Å². The minimum absolute atomic E-state index is 0.0179. The van der Waals surface area contributed by atoms with Crippen LogP contribution in [0.2, 0.25) is 0 Å². The van der Waals surface area contributed by atoms with Crippen LogP contribution in [0.5, 0.6) is 5.75 Å². The maximum Gasteiger partial charge on any atom is 0.359 e. The summed E-state index contributed by atoms with van der Waals surface area (Å²) in [5.41, 5.74) is 0.953. The molecule has 0 saturated heterocycles. The first kappa shape index (κ1) is 117. The Bertz CT molecular complexity index is 4260. The van der Waals surface area contributed by atoms with E-state index in [2.05, 4.69) is 28.4 Å². The van der Waals surface area contributed by atoms with Crippen LogP contribution < -0.4 is 66.0 Å². The summed E-state index contributed by atoms with van der Waals surface area (Å²) in [7, 11) is 1.30. The van der Waals surface area contributed by atoms with Gasteiger partial charge in [0.2, 0.25) is 5.78 Å². The molecule has 5 aromatic rings. The van der Waals surface area contributed by atoms with Gasteiger partial charge in [0.25, 0.3) is 0 Å². The largest absolute Gasteiger partial charge is 0.550 e. The average molecular weight is 1880 g/mol. The van der Waals surface area contributed by atoms with Gasteiger partial charge in [-0.25, -0.2) is 19.2 Å². The van der Waals surface area contributed by atoms with E-state index >= 15 is 0 Å². The Morgan fingerprint density at radius 1 is 0.391 bits per heavy atom. The molecule has 10 fully saturated rings. The van der Waals surface area contributed by atoms with Crippen molar-refractivity contribution in [2.24, 2.45) is 35.5 Å². The summed E-state index contributed by atoms with van der Waals surface area (Å²) in [5.74, 6) is -17.0. The fourth-order valence-corrected chi connectivity index (χ4v) is 16.5. The first-order chi connectivity index (χ1) is 63.1. The lowest BCUT2D eigenvalue weighted by atomic mass is 9.54. The van der Waals surface area contributed by atoms with Crippen molar-refractivity contribution in [1.29, 1.82) is 0 Å². The number of aliphatic carboxylic acids is 12. The van der Waals surface area contributed by atoms with Crippen LogP contribution in [0.25, 0.3) is 0 Å². The summed E-state index contributed by atoms with van der Waals surface area (Å²) in [6.07, 6.45) is 24.5. The normalized spacial score (nSPS) is 19.4. The Balaban J connectivity index is 0.000000495. The van der Waals surface area contributed by atoms with Crippen molar-refractivity contribution >= 4 is 113 Å². The molecule has 133 heavy (non-hydrogen) atoms. The van der Waals surface area contributed by atoms with E-state index in [-0.39, 0.29) is 80.4 Å². The van der Waals surface area contributed by atoms with E-state index in [0.717, 1.165) is 125 Å². The number of hydrogen-bond donors (Lipinski definition) is 0. The number of benzene rings is 5. The zero-order chi connectivity index (χ0) is 99.3. The Kier molecular flexibility index (Phi) is 57.7. The van der Waals surface area contributed by atoms with Gasteiger partial charge in [-0.1, -0.05) is 141 Å². The first-order valence-corrected chi connectivity index (χ1v) is 43.7. The number of methoxy groups -OCH3 is 1. The van der Waals surface area contributed by atoms with E-state index in [9.17, 15) is 143 Å². The molecule has 0 atom stereocenters. The van der Waals surface area contributed by atoms with Crippen molar-refractivity contribution in [3.8, 4) is 5.75 Å². The van der Waals surface area contributed by atoms with E-state index < -0.39 is 114 Å². The maximum absolute atomic E-state index is 11.1. The molecule has 38 nitrogen and oxygen atoms in total. The molecular formula is C94H110O38S-12. The first-order valence-electron chi connectivity index (χ1n) is 42.7. The predicted molar refractivity (Wildman–Crippen MR) is 441 cm³/mol. The van der Waals surface area contributed by atoms with Crippen molar-refractivity contribution < 1.29 is 185 Å². The van der Waals surface area contributed by atoms with Gasteiger partial charge in [0.15, 0.2) is 17.9 Å². The summed E-state index contributed by atoms with van der Waals surface area (Å²) in [4.78, 5) is 174. The average Bonchev–Trinajstić information content (AvgIpc) is 0.755. The van der Waals surface area contributed by atoms with Gasteiger partial charge >= 0.3 is 23.9 Å². The van der Waals surface area contributed by atoms with Crippen molar-refractivity contribution in [2.75, 3.05) is 59.1 Å². The molecule has 10 saturated carbocycles. The second kappa shape index (κ2) is 65.9. The van der Waals surface area contributed by atoms with Gasteiger partial charge in [-0.2, -0.15) is 0 Å². The molecule has 5 aromatic carbocycles. The lowest BCUT2D eigenvalue weighted by Crippen LogP contribution is -2.54. The monoisotopic (exact) mass is 1880 g/mol. The zero-order valence-electron chi connectivity index (χ0n) is 74.2. The standard InChI is InChI=1S/C12H16O4.C12H18O3.C9H8O4.C9H10O2.C8H12O4.C8H6O4.C8H14O3.C8H6O3.C8H8O2S.C5H10O3.C4H8O3.C3H6O3/c13-10(14)11(15)16-12-4-7-1-8(5-12)3-9(2-7)6-12;13-11(14)7-15-12-4-8-1-9(5-12)3-10(2-8)6-12;10-8(11)6-13-9(12)7-4-2-1-3-5-7;10-9(11)7-6-8-4-2-1-3-5-8;2*9-7(10)8(11)12-6-4-2-1-3-5-6;9-8(10)6-11-7-4-2-1-3-5-7;9-7(8(10)11)6-4-2-1-3-5-6;9-8(10)6-11-7-4-2-1-3-5-7;1-4(2)8-3-5(6)7;1-2-7-3-4(5)6;1-6-2-3(4)5/h7-9H,1-6H2,(H,13,14);8-10H,1-7H2,(H,13,14);1-5H,6H2,(H,10,11);1-5H,6-7H2,(H,10,11);6H,1-5H2,(H,9,10);1-5H,(H,9,10);7H,1-6H2,(H,9,10);1-5H,(H,10,11);1-5H,6H2,(H,9,10);4H,3H2,1-2H3,(H,6,7);2-3H2,1H3,(H,5,6);2H2,1H3,(H,4,5)/p-12. The summed E-state index contributed by atoms with van der Waals surface area (Å²) in [6.45, 7) is 3.58. The summed E-state index contributed by atoms with van der Waals surface area (Å²) < 4.78 is 42.6. The van der Waals surface area contributed by atoms with Gasteiger partial charge in [0.1, 0.15) is 30.0 Å². The van der Waals surface area contributed by atoms with Gasteiger partial charge in [-0.15, -0.1) is 11.8 Å². The number of ether oxygens (including phenoxy) is 9. The molecule has 0 radical (unpaired) electrons. The predicted octanol–water partition coefficient (Wildman–Crippen LogP) is -3.56. The molecular weight excluding hydrogens is 1770 g/mol. The molecule has 0 amide bonds. The number of esters is 4. The van der Waals surface area contributed by atoms with Crippen molar-refractivity contribution in [1.82, 2.24) is 0 Å². The fourth-order valence-electron chi connectivity index (χ4n) is 15.8. The highest BCUT2D eigenvalue weighted by Gasteiger charge is 2.54. The molecule has 732 valence electrons. The Hall–Kier alpha value is -12.6. The second-order valence-corrected chi connectivity index (χ2v) is 32.6. The molecule has 39 heteroatoms. The Morgan fingerprint density at radius 3 is 1.14 bits per heavy atom. The number of aryl methyl sites for hydroxylation is 1. The molecule has 8 bridgehead atoms. The van der Waals surface area contributed by atoms with Crippen LogP contribution in [0, 0.1) is 35.5 Å². The number of ketones is 1. The molecule has 0 spiro atoms. The van der Waals surface area contributed by atoms with Crippen LogP contribution in [0.4, 0.5) is 0 Å². The minimum atomic E-state index is -1.85. The number of carboxylic acids is 12. The molecule has 0 unspecified atom stereocenters. The van der Waals surface area contributed by atoms with Crippen molar-refractivity contribution in [3.05, 3.63) is 168 Å². The number of carboxylic acid groups (broad SMARTS) is 12. The molecule has 10 aliphatic carbocycles. The van der Waals surface area contributed by atoms with Crippen LogP contribution in [0.15, 0.2) is 157 Å². The van der Waals surface area contributed by atoms with Gasteiger partial charge in [-0.3, -0.25) is 4.79 Å². The molecule has 0 heterocycles. The number of rotatable bonds is 28. The highest BCUT2D eigenvalue weighted by Crippen LogP contribution is 2.58. The van der Waals surface area contributed by atoms with Crippen LogP contribution >= 0.6 is 11.8 Å². The summed E-state index contributed by atoms with van der Waals surface area (Å²) >= 11 is 1.27. The number of carbonyl (C=O) groups is 17. The number of hydrogen-bond acceptors (Lipinski definition) is 39. The van der Waals surface area contributed by atoms with E-state index in [1.807, 2.05) is 60.7 Å². The Morgan fingerprint density at radius 2 is 0.782 bits per heavy atom. The number of Topliss-reactive ketones (excluding diaryl/α,β-unsaturated/α-hetero) is 1. The number of thioether (sulfide) groups is 1. The van der Waals surface area contributed by atoms with Crippen LogP contribution in [-0.2, 0) is 116 Å². The topological polar surface area (TPSA) is 650 Å². The fraction of sp³-hybridized carbons (Fsp3) is 0.500. The van der Waals surface area contributed by atoms with Gasteiger partial charge < -0.3 is 161 Å². The van der Waals surface area contributed by atoms with E-state index in [1.165, 1.54) is 100 Å². The lowest BCUT2D eigenvalue weighted by Gasteiger charge is -2.56. The summed E-state index contributed by atoms with van der Waals surface area (Å²) in [6, 6.07) is 42.7. The van der Waals surface area contributed by atoms with Crippen molar-refractivity contribution in [2.45, 2.75) is 209 Å². The van der Waals surface area contributed by atoms with E-state index in [1.54, 1.807) is 75.4 Å². The van der Waals surface area contributed by atoms with E-state index in [4.69, 9.17) is 14.2 Å². The third-order valence-corrected chi connectivity index (χ3v) is 21.4. The third-order valence-electron chi connectivity index (χ3n) is 20.4. The highest BCUT2D eigenvalue weighted by atomic mass is 32.2. The minimum Gasteiger partial charge on any atom is -0.550 e. The molecule has 10 aliphatic rings. The van der Waals surface area contributed by atoms with Crippen LogP contribution in [0.1, 0.15) is 195 Å². The highest BCUT2D eigenvalue weighted by molar-refractivity contribution is 8.00. The summed E-state index contributed by atoms with van der Waals surface area (Å²) in [5, 5.41) is 119. The Labute approximate surface area is 772 Å². The van der Waals surface area contributed by atoms with Gasteiger partial charge in [0.05, 0.1) is 98.2 Å². The quantitative estimate of drug-likeness (QED) is 0.0117. The van der Waals surface area contributed by atoms with Crippen LogP contribution in [-0.4, -0.2) is 190 Å². The van der Waals surface area contributed by atoms with Crippen molar-refractivity contribution in [3.63, 3.8) is 0 Å². The lowest BCUT2D eigenvalue weighted by molar-refractivity contribution is -0.315. The molecule has 0 aromatic heterocycles. The molecule has 0 N–H and O–H groups in total. The second-order valence-electron chi connectivity index (χ2n) is 31.6. The third kappa shape index (κ3) is 55.4. The zero-order valence-corrected chi connectivity index (χ0v) is 75.0. The SMILES string of the molecule is CC(C)OCC(=O)[O-].CCOCC(=O)[O-].COCC(=O)[O-].O=C([O-])C(=O)OC12CC3CC(CC(C3)C1)C2.O=C([O-])C(=O)OC1CCCCC1.O=C([O-])C(=O)Oc1ccccc1.O=C([O-])C(=O)c1ccccc1.O=C([O-])CCc1ccccc1.O=C([O-])COC(=O)c1ccccc1.O=C([O-])COC12CC3CC(CC(C3)C1)C2.O=C([O-])COC1CCCCC1.O=C([O-])CSc1ccccc1. The maximum atomic E-state index is 11.1. The number of carbonyl (C=O) groups excluding carboxylic acids is 17. The van der Waals surface area contributed by atoms with Gasteiger partial charge in [-0.05, 0) is 227 Å².